The molecule has 0 aliphatic carbocycles. The molecule has 3 heterocycles. The van der Waals surface area contributed by atoms with E-state index in [0.29, 0.717) is 23.7 Å². The summed E-state index contributed by atoms with van der Waals surface area (Å²) < 4.78 is 1.88. The topological polar surface area (TPSA) is 82.5 Å². The van der Waals surface area contributed by atoms with Gasteiger partial charge in [0.15, 0.2) is 5.65 Å². The van der Waals surface area contributed by atoms with Gasteiger partial charge in [0.25, 0.3) is 0 Å². The molecule has 0 spiro atoms. The lowest BCUT2D eigenvalue weighted by Gasteiger charge is -2.14. The van der Waals surface area contributed by atoms with Gasteiger partial charge in [-0.1, -0.05) is 42.5 Å². The Labute approximate surface area is 161 Å². The second kappa shape index (κ2) is 6.42. The lowest BCUT2D eigenvalue weighted by atomic mass is 9.97. The maximum absolute atomic E-state index is 6.19. The van der Waals surface area contributed by atoms with Crippen molar-refractivity contribution in [1.29, 1.82) is 0 Å². The van der Waals surface area contributed by atoms with Gasteiger partial charge in [0.1, 0.15) is 11.8 Å². The van der Waals surface area contributed by atoms with E-state index in [1.807, 2.05) is 28.8 Å². The van der Waals surface area contributed by atoms with Crippen LogP contribution < -0.4 is 5.73 Å². The molecule has 2 aromatic carbocycles. The van der Waals surface area contributed by atoms with E-state index in [1.54, 1.807) is 6.20 Å². The molecule has 0 unspecified atom stereocenters. The van der Waals surface area contributed by atoms with Crippen molar-refractivity contribution in [3.63, 3.8) is 0 Å². The van der Waals surface area contributed by atoms with Crippen LogP contribution in [0, 0.1) is 6.92 Å². The van der Waals surface area contributed by atoms with Crippen molar-refractivity contribution in [2.75, 3.05) is 5.73 Å². The number of anilines is 1. The maximum Gasteiger partial charge on any atom is 0.202 e. The minimum atomic E-state index is 0.404. The van der Waals surface area contributed by atoms with Crippen molar-refractivity contribution < 1.29 is 0 Å². The molecule has 6 nitrogen and oxygen atoms in total. The Morgan fingerprint density at radius 1 is 0.929 bits per heavy atom. The molecule has 0 atom stereocenters. The molecule has 136 valence electrons. The molecule has 0 saturated heterocycles. The number of benzene rings is 2. The van der Waals surface area contributed by atoms with Gasteiger partial charge in [0.2, 0.25) is 5.95 Å². The van der Waals surface area contributed by atoms with Gasteiger partial charge in [-0.25, -0.2) is 15.0 Å². The molecule has 0 radical (unpaired) electrons. The fourth-order valence-electron chi connectivity index (χ4n) is 3.59. The molecule has 0 saturated carbocycles. The van der Waals surface area contributed by atoms with Crippen LogP contribution in [-0.2, 0) is 6.54 Å². The van der Waals surface area contributed by atoms with Crippen molar-refractivity contribution in [2.24, 2.45) is 0 Å². The number of fused-ring (bicyclic) bond motifs is 2. The van der Waals surface area contributed by atoms with E-state index in [1.165, 1.54) is 11.9 Å². The van der Waals surface area contributed by atoms with E-state index in [9.17, 15) is 0 Å². The quantitative estimate of drug-likeness (QED) is 0.522. The molecule has 2 N–H and O–H groups in total. The Morgan fingerprint density at radius 3 is 2.64 bits per heavy atom. The summed E-state index contributed by atoms with van der Waals surface area (Å²) in [5.74, 6) is 0.404. The van der Waals surface area contributed by atoms with Crippen LogP contribution in [0.4, 0.5) is 5.95 Å². The summed E-state index contributed by atoms with van der Waals surface area (Å²) in [5.41, 5.74) is 12.9. The summed E-state index contributed by atoms with van der Waals surface area (Å²) >= 11 is 0. The summed E-state index contributed by atoms with van der Waals surface area (Å²) in [6.07, 6.45) is 3.18. The van der Waals surface area contributed by atoms with E-state index in [2.05, 4.69) is 52.2 Å². The molecule has 6 heteroatoms. The minimum Gasteiger partial charge on any atom is -0.369 e. The number of nitrogen functional groups attached to an aromatic ring is 1. The van der Waals surface area contributed by atoms with Gasteiger partial charge in [-0.05, 0) is 30.2 Å². The third-order valence-corrected chi connectivity index (χ3v) is 4.99. The fourth-order valence-corrected chi connectivity index (χ4v) is 3.59. The van der Waals surface area contributed by atoms with Gasteiger partial charge in [-0.15, -0.1) is 0 Å². The van der Waals surface area contributed by atoms with Crippen LogP contribution in [0.5, 0.6) is 0 Å². The summed E-state index contributed by atoms with van der Waals surface area (Å²) in [4.78, 5) is 17.7. The Kier molecular flexibility index (Phi) is 3.76. The predicted octanol–water partition coefficient (Wildman–Crippen LogP) is 3.98. The zero-order valence-electron chi connectivity index (χ0n) is 15.4. The predicted molar refractivity (Wildman–Crippen MR) is 111 cm³/mol. The maximum atomic E-state index is 6.19. The number of nitrogens with two attached hydrogens (primary N) is 1. The Bertz CT molecular complexity index is 1320. The van der Waals surface area contributed by atoms with Crippen molar-refractivity contribution in [3.05, 3.63) is 78.4 Å². The normalized spacial score (nSPS) is 11.3. The van der Waals surface area contributed by atoms with E-state index < -0.39 is 0 Å². The zero-order valence-corrected chi connectivity index (χ0v) is 15.4. The van der Waals surface area contributed by atoms with Crippen LogP contribution in [0.2, 0.25) is 0 Å². The van der Waals surface area contributed by atoms with Gasteiger partial charge < -0.3 is 5.73 Å². The molecular formula is C22H18N6. The number of rotatable bonds is 3. The summed E-state index contributed by atoms with van der Waals surface area (Å²) in [5, 5.41) is 1.11. The van der Waals surface area contributed by atoms with Crippen LogP contribution in [-0.4, -0.2) is 24.5 Å². The first-order valence-electron chi connectivity index (χ1n) is 9.07. The lowest BCUT2D eigenvalue weighted by molar-refractivity contribution is 0.806. The van der Waals surface area contributed by atoms with Crippen LogP contribution in [0.3, 0.4) is 0 Å². The number of hydrogen-bond acceptors (Lipinski definition) is 5. The first-order chi connectivity index (χ1) is 13.7. The minimum absolute atomic E-state index is 0.404. The standard InChI is InChI=1S/C22H18N6/c1-14-6-2-4-8-16(14)17-10-15-7-3-5-9-18(15)26-20(17)12-28-21-19(27-22(28)23)11-24-13-25-21/h2-11,13H,12H2,1H3,(H2,23,27). The van der Waals surface area contributed by atoms with Crippen LogP contribution >= 0.6 is 0 Å². The Balaban J connectivity index is 1.75. The number of hydrogen-bond donors (Lipinski definition) is 1. The third-order valence-electron chi connectivity index (χ3n) is 4.99. The van der Waals surface area contributed by atoms with Gasteiger partial charge >= 0.3 is 0 Å². The summed E-state index contributed by atoms with van der Waals surface area (Å²) in [7, 11) is 0. The molecule has 0 bridgehead atoms. The number of nitrogens with zero attached hydrogens (tertiary/aromatic N) is 5. The van der Waals surface area contributed by atoms with Crippen molar-refractivity contribution in [3.8, 4) is 11.1 Å². The van der Waals surface area contributed by atoms with Crippen LogP contribution in [0.25, 0.3) is 33.2 Å². The van der Waals surface area contributed by atoms with Gasteiger partial charge in [-0.2, -0.15) is 0 Å². The molecular weight excluding hydrogens is 348 g/mol. The summed E-state index contributed by atoms with van der Waals surface area (Å²) in [6, 6.07) is 18.7. The number of imidazole rings is 1. The second-order valence-corrected chi connectivity index (χ2v) is 6.78. The molecule has 0 aliphatic heterocycles. The average molecular weight is 366 g/mol. The highest BCUT2D eigenvalue weighted by atomic mass is 15.2. The first-order valence-corrected chi connectivity index (χ1v) is 9.07. The Hall–Kier alpha value is -3.80. The van der Waals surface area contributed by atoms with Crippen LogP contribution in [0.15, 0.2) is 67.1 Å². The smallest absolute Gasteiger partial charge is 0.202 e. The number of aryl methyl sites for hydroxylation is 1. The molecule has 5 rings (SSSR count). The number of pyridine rings is 1. The van der Waals surface area contributed by atoms with Gasteiger partial charge in [-0.3, -0.25) is 9.55 Å². The first kappa shape index (κ1) is 16.4. The van der Waals surface area contributed by atoms with Crippen molar-refractivity contribution in [2.45, 2.75) is 13.5 Å². The van der Waals surface area contributed by atoms with Gasteiger partial charge in [0, 0.05) is 10.9 Å². The zero-order chi connectivity index (χ0) is 19.1. The highest BCUT2D eigenvalue weighted by Crippen LogP contribution is 2.30. The number of para-hydroxylation sites is 1. The van der Waals surface area contributed by atoms with Crippen LogP contribution in [0.1, 0.15) is 11.3 Å². The highest BCUT2D eigenvalue weighted by Gasteiger charge is 2.15. The number of aromatic nitrogens is 5. The second-order valence-electron chi connectivity index (χ2n) is 6.78. The highest BCUT2D eigenvalue weighted by molar-refractivity contribution is 5.86. The van der Waals surface area contributed by atoms with Gasteiger partial charge in [0.05, 0.1) is 24.0 Å². The molecule has 0 aliphatic rings. The Morgan fingerprint density at radius 2 is 1.75 bits per heavy atom. The average Bonchev–Trinajstić information content (AvgIpc) is 3.03. The van der Waals surface area contributed by atoms with E-state index in [-0.39, 0.29) is 0 Å². The van der Waals surface area contributed by atoms with E-state index >= 15 is 0 Å². The van der Waals surface area contributed by atoms with E-state index in [4.69, 9.17) is 10.7 Å². The van der Waals surface area contributed by atoms with Crippen molar-refractivity contribution >= 4 is 28.0 Å². The van der Waals surface area contributed by atoms with E-state index in [0.717, 1.165) is 27.7 Å². The third kappa shape index (κ3) is 2.66. The SMILES string of the molecule is Cc1ccccc1-c1cc2ccccc2nc1Cn1c(N)nc2cncnc21. The molecule has 0 fully saturated rings. The van der Waals surface area contributed by atoms with Crippen molar-refractivity contribution in [1.82, 2.24) is 24.5 Å². The monoisotopic (exact) mass is 366 g/mol. The fraction of sp³-hybridized carbons (Fsp3) is 0.0909. The molecule has 5 aromatic rings. The lowest BCUT2D eigenvalue weighted by Crippen LogP contribution is -2.08. The molecule has 0 amide bonds. The largest absolute Gasteiger partial charge is 0.369 e. The molecule has 3 aromatic heterocycles. The molecule has 28 heavy (non-hydrogen) atoms. The summed E-state index contributed by atoms with van der Waals surface area (Å²) in [6.45, 7) is 2.59.